The maximum atomic E-state index is 12.3. The number of ketones is 1. The molecule has 1 aliphatic heterocycles. The van der Waals surface area contributed by atoms with Crippen molar-refractivity contribution in [2.75, 3.05) is 0 Å². The summed E-state index contributed by atoms with van der Waals surface area (Å²) in [6.45, 7) is 1.97. The van der Waals surface area contributed by atoms with Crippen molar-refractivity contribution < 1.29 is 14.3 Å². The number of hydrogen-bond donors (Lipinski definition) is 0. The second-order valence-corrected chi connectivity index (χ2v) is 5.35. The van der Waals surface area contributed by atoms with Crippen LogP contribution in [0.25, 0.3) is 0 Å². The summed E-state index contributed by atoms with van der Waals surface area (Å²) in [5, 5.41) is 0. The summed E-state index contributed by atoms with van der Waals surface area (Å²) in [7, 11) is 0. The number of ether oxygens (including phenoxy) is 1. The minimum Gasteiger partial charge on any atom is -0.450 e. The van der Waals surface area contributed by atoms with E-state index in [1.807, 2.05) is 6.92 Å². The van der Waals surface area contributed by atoms with Crippen molar-refractivity contribution in [1.29, 1.82) is 0 Å². The van der Waals surface area contributed by atoms with Gasteiger partial charge in [-0.15, -0.1) is 0 Å². The van der Waals surface area contributed by atoms with Crippen LogP contribution in [0, 0.1) is 11.3 Å². The molecule has 3 fully saturated rings. The second-order valence-electron chi connectivity index (χ2n) is 5.35. The van der Waals surface area contributed by atoms with E-state index in [4.69, 9.17) is 4.74 Å². The third-order valence-corrected chi connectivity index (χ3v) is 4.44. The molecule has 82 valence electrons. The van der Waals surface area contributed by atoms with E-state index >= 15 is 0 Å². The quantitative estimate of drug-likeness (QED) is 0.450. The van der Waals surface area contributed by atoms with Crippen LogP contribution in [0.4, 0.5) is 0 Å². The summed E-state index contributed by atoms with van der Waals surface area (Å²) in [4.78, 5) is 24.2. The highest BCUT2D eigenvalue weighted by atomic mass is 16.6. The van der Waals surface area contributed by atoms with Crippen LogP contribution >= 0.6 is 0 Å². The van der Waals surface area contributed by atoms with Crippen molar-refractivity contribution in [3.8, 4) is 0 Å². The molecule has 1 heterocycles. The number of carbonyl (C=O) groups excluding carboxylic acids is 2. The lowest BCUT2D eigenvalue weighted by atomic mass is 9.78. The third kappa shape index (κ3) is 0.963. The van der Waals surface area contributed by atoms with Gasteiger partial charge in [0.25, 0.3) is 0 Å². The number of rotatable bonds is 0. The van der Waals surface area contributed by atoms with Crippen LogP contribution < -0.4 is 0 Å². The molecule has 15 heavy (non-hydrogen) atoms. The Kier molecular flexibility index (Phi) is 1.64. The fraction of sp³-hybridized carbons (Fsp3) is 0.833. The fourth-order valence-electron chi connectivity index (χ4n) is 3.29. The van der Waals surface area contributed by atoms with E-state index in [0.29, 0.717) is 6.42 Å². The molecule has 0 N–H and O–H groups in total. The maximum Gasteiger partial charge on any atom is 0.321 e. The van der Waals surface area contributed by atoms with Gasteiger partial charge in [-0.2, -0.15) is 0 Å². The first-order chi connectivity index (χ1) is 7.12. The third-order valence-electron chi connectivity index (χ3n) is 4.44. The van der Waals surface area contributed by atoms with E-state index in [1.54, 1.807) is 0 Å². The molecule has 2 atom stereocenters. The first-order valence-electron chi connectivity index (χ1n) is 5.90. The summed E-state index contributed by atoms with van der Waals surface area (Å²) >= 11 is 0. The monoisotopic (exact) mass is 208 g/mol. The van der Waals surface area contributed by atoms with Gasteiger partial charge in [0, 0.05) is 0 Å². The van der Waals surface area contributed by atoms with E-state index in [1.165, 1.54) is 0 Å². The highest BCUT2D eigenvalue weighted by molar-refractivity contribution is 6.16. The molecule has 3 nitrogen and oxygen atoms in total. The summed E-state index contributed by atoms with van der Waals surface area (Å²) in [5.41, 5.74) is -1.42. The molecule has 0 radical (unpaired) electrons. The highest BCUT2D eigenvalue weighted by Crippen LogP contribution is 2.61. The molecule has 0 aromatic heterocycles. The lowest BCUT2D eigenvalue weighted by Gasteiger charge is -2.29. The Morgan fingerprint density at radius 1 is 1.20 bits per heavy atom. The molecule has 1 saturated heterocycles. The summed E-state index contributed by atoms with van der Waals surface area (Å²) in [5.74, 6) is 0.0768. The van der Waals surface area contributed by atoms with E-state index in [-0.39, 0.29) is 17.7 Å². The number of esters is 1. The molecule has 3 heteroatoms. The molecule has 0 aromatic carbocycles. The van der Waals surface area contributed by atoms with Crippen molar-refractivity contribution in [3.05, 3.63) is 0 Å². The van der Waals surface area contributed by atoms with Gasteiger partial charge in [0.15, 0.2) is 11.4 Å². The van der Waals surface area contributed by atoms with Crippen LogP contribution in [0.3, 0.4) is 0 Å². The molecular weight excluding hydrogens is 192 g/mol. The lowest BCUT2D eigenvalue weighted by molar-refractivity contribution is -0.155. The number of hydrogen-bond acceptors (Lipinski definition) is 3. The predicted molar refractivity (Wildman–Crippen MR) is 53.1 cm³/mol. The Labute approximate surface area is 89.2 Å². The van der Waals surface area contributed by atoms with Gasteiger partial charge in [0.2, 0.25) is 0 Å². The van der Waals surface area contributed by atoms with Gasteiger partial charge in [-0.25, -0.2) is 0 Å². The van der Waals surface area contributed by atoms with E-state index in [9.17, 15) is 9.59 Å². The summed E-state index contributed by atoms with van der Waals surface area (Å²) < 4.78 is 5.46. The van der Waals surface area contributed by atoms with Crippen molar-refractivity contribution in [2.45, 2.75) is 51.0 Å². The maximum absolute atomic E-state index is 12.3. The average Bonchev–Trinajstić information content (AvgIpc) is 2.87. The molecule has 2 aliphatic carbocycles. The molecule has 2 spiro atoms. The molecule has 3 rings (SSSR count). The molecule has 3 aliphatic rings. The Balaban J connectivity index is 1.95. The van der Waals surface area contributed by atoms with Gasteiger partial charge in [0.1, 0.15) is 5.41 Å². The van der Waals surface area contributed by atoms with Crippen LogP contribution in [0.2, 0.25) is 0 Å². The normalized spacial score (nSPS) is 42.3. The first-order valence-corrected chi connectivity index (χ1v) is 5.90. The van der Waals surface area contributed by atoms with Crippen LogP contribution in [0.15, 0.2) is 0 Å². The van der Waals surface area contributed by atoms with Crippen molar-refractivity contribution in [3.63, 3.8) is 0 Å². The van der Waals surface area contributed by atoms with Gasteiger partial charge in [-0.3, -0.25) is 9.59 Å². The standard InChI is InChI=1S/C12H16O3/c1-8-7-12(8)9(13)11(15-10(12)14)5-3-2-4-6-11/h8H,2-7H2,1H3. The van der Waals surface area contributed by atoms with Gasteiger partial charge < -0.3 is 4.74 Å². The number of carbonyl (C=O) groups is 2. The molecule has 2 unspecified atom stereocenters. The minimum atomic E-state index is -0.711. The average molecular weight is 208 g/mol. The van der Waals surface area contributed by atoms with E-state index in [0.717, 1.165) is 32.1 Å². The fourth-order valence-corrected chi connectivity index (χ4v) is 3.29. The smallest absolute Gasteiger partial charge is 0.321 e. The van der Waals surface area contributed by atoms with E-state index in [2.05, 4.69) is 0 Å². The Hall–Kier alpha value is -0.860. The summed E-state index contributed by atoms with van der Waals surface area (Å²) in [6.07, 6.45) is 5.42. The van der Waals surface area contributed by atoms with Gasteiger partial charge in [-0.1, -0.05) is 13.3 Å². The lowest BCUT2D eigenvalue weighted by Crippen LogP contribution is -2.40. The zero-order chi connectivity index (χ0) is 10.7. The van der Waals surface area contributed by atoms with Gasteiger partial charge >= 0.3 is 5.97 Å². The van der Waals surface area contributed by atoms with Gasteiger partial charge in [-0.05, 0) is 38.0 Å². The molecular formula is C12H16O3. The van der Waals surface area contributed by atoms with Crippen LogP contribution in [0.5, 0.6) is 0 Å². The zero-order valence-corrected chi connectivity index (χ0v) is 9.04. The van der Waals surface area contributed by atoms with Crippen LogP contribution in [0.1, 0.15) is 45.4 Å². The first kappa shape index (κ1) is 9.37. The van der Waals surface area contributed by atoms with Crippen LogP contribution in [-0.2, 0) is 14.3 Å². The molecule has 0 aromatic rings. The SMILES string of the molecule is CC1CC12C(=O)OC1(CCCCC1)C2=O. The summed E-state index contributed by atoms with van der Waals surface area (Å²) in [6, 6.07) is 0. The topological polar surface area (TPSA) is 43.4 Å². The molecule has 0 amide bonds. The van der Waals surface area contributed by atoms with Crippen molar-refractivity contribution in [2.24, 2.45) is 11.3 Å². The molecule has 0 bridgehead atoms. The van der Waals surface area contributed by atoms with E-state index < -0.39 is 11.0 Å². The second kappa shape index (κ2) is 2.63. The Morgan fingerprint density at radius 3 is 2.27 bits per heavy atom. The van der Waals surface area contributed by atoms with Crippen molar-refractivity contribution >= 4 is 11.8 Å². The molecule has 2 saturated carbocycles. The zero-order valence-electron chi connectivity index (χ0n) is 9.04. The minimum absolute atomic E-state index is 0.104. The van der Waals surface area contributed by atoms with Gasteiger partial charge in [0.05, 0.1) is 0 Å². The number of Topliss-reactive ketones (excluding diaryl/α,β-unsaturated/α-hetero) is 1. The Bertz CT molecular complexity index is 341. The van der Waals surface area contributed by atoms with Crippen molar-refractivity contribution in [1.82, 2.24) is 0 Å². The largest absolute Gasteiger partial charge is 0.450 e. The Morgan fingerprint density at radius 2 is 1.80 bits per heavy atom. The predicted octanol–water partition coefficient (Wildman–Crippen LogP) is 1.84. The highest BCUT2D eigenvalue weighted by Gasteiger charge is 2.74. The van der Waals surface area contributed by atoms with Crippen LogP contribution in [-0.4, -0.2) is 17.4 Å².